The quantitative estimate of drug-likeness (QED) is 0.501. The molecule has 0 aliphatic heterocycles. The van der Waals surface area contributed by atoms with Crippen LogP contribution in [0.5, 0.6) is 0 Å². The molecule has 0 radical (unpaired) electrons. The topological polar surface area (TPSA) is 78.9 Å². The molecule has 0 amide bonds. The summed E-state index contributed by atoms with van der Waals surface area (Å²) in [6.07, 6.45) is 8.61. The maximum atomic E-state index is 12.5. The molecule has 160 valence electrons. The van der Waals surface area contributed by atoms with Gasteiger partial charge in [-0.1, -0.05) is 0 Å². The van der Waals surface area contributed by atoms with Crippen molar-refractivity contribution in [1.82, 2.24) is 0 Å². The molecule has 0 saturated heterocycles. The molecule has 0 unspecified atom stereocenters. The number of carbonyl (C=O) groups is 3. The van der Waals surface area contributed by atoms with Gasteiger partial charge in [-0.05, 0) is 0 Å². The van der Waals surface area contributed by atoms with Crippen LogP contribution >= 0.6 is 0 Å². The van der Waals surface area contributed by atoms with Crippen LogP contribution in [0.25, 0.3) is 0 Å². The van der Waals surface area contributed by atoms with Gasteiger partial charge in [0.05, 0.1) is 0 Å². The van der Waals surface area contributed by atoms with E-state index in [1.165, 1.54) is 22.3 Å². The van der Waals surface area contributed by atoms with Crippen molar-refractivity contribution in [1.29, 1.82) is 0 Å². The molecule has 6 nitrogen and oxygen atoms in total. The molecule has 0 aromatic heterocycles. The van der Waals surface area contributed by atoms with Gasteiger partial charge in [0.2, 0.25) is 0 Å². The first kappa shape index (κ1) is 22.3. The molecule has 0 atom stereocenters. The average Bonchev–Trinajstić information content (AvgIpc) is 3.08. The summed E-state index contributed by atoms with van der Waals surface area (Å²) in [6, 6.07) is 0. The summed E-state index contributed by atoms with van der Waals surface area (Å²) in [7, 11) is 0. The maximum absolute atomic E-state index is 12.5. The Morgan fingerprint density at radius 2 is 1.03 bits per heavy atom. The van der Waals surface area contributed by atoms with Gasteiger partial charge in [0, 0.05) is 0 Å². The van der Waals surface area contributed by atoms with Crippen molar-refractivity contribution in [2.45, 2.75) is 95.6 Å². The third kappa shape index (κ3) is 4.53. The molecule has 0 N–H and O–H groups in total. The van der Waals surface area contributed by atoms with Crippen LogP contribution in [-0.4, -0.2) is 17.9 Å². The Bertz CT molecular complexity index is 673. The zero-order valence-electron chi connectivity index (χ0n) is 17.8. The fraction of sp³-hybridized carbons (Fsp3) is 0.682. The van der Waals surface area contributed by atoms with Crippen LogP contribution in [0.3, 0.4) is 0 Å². The second-order valence-electron chi connectivity index (χ2n) is 7.94. The molecule has 0 fully saturated rings. The van der Waals surface area contributed by atoms with Crippen molar-refractivity contribution >= 4 is 17.9 Å². The average molecular weight is 440 g/mol. The Labute approximate surface area is 177 Å². The predicted molar refractivity (Wildman–Crippen MR) is 104 cm³/mol. The van der Waals surface area contributed by atoms with Crippen LogP contribution in [0.1, 0.15) is 91.4 Å². The number of carbonyl (C=O) groups excluding carboxylic acids is 3. The van der Waals surface area contributed by atoms with Crippen LogP contribution in [0.4, 0.5) is 0 Å². The van der Waals surface area contributed by atoms with E-state index in [-0.39, 0.29) is 23.5 Å². The molecule has 3 aliphatic rings. The van der Waals surface area contributed by atoms with Crippen LogP contribution in [0, 0.1) is 0 Å². The molecule has 29 heavy (non-hydrogen) atoms. The van der Waals surface area contributed by atoms with Gasteiger partial charge in [-0.15, -0.1) is 0 Å². The Balaban J connectivity index is 2.15. The Morgan fingerprint density at radius 1 is 0.690 bits per heavy atom. The molecule has 0 bridgehead atoms. The second-order valence-corrected chi connectivity index (χ2v) is 11.7. The van der Waals surface area contributed by atoms with E-state index in [1.54, 1.807) is 20.8 Å². The van der Waals surface area contributed by atoms with Crippen molar-refractivity contribution in [2.24, 2.45) is 0 Å². The fourth-order valence-electron chi connectivity index (χ4n) is 4.75. The van der Waals surface area contributed by atoms with E-state index in [9.17, 15) is 14.4 Å². The normalized spacial score (nSPS) is 19.6. The summed E-state index contributed by atoms with van der Waals surface area (Å²) < 4.78 is 17.4. The first-order chi connectivity index (χ1) is 14.0. The summed E-state index contributed by atoms with van der Waals surface area (Å²) in [5.41, 5.74) is 5.14. The van der Waals surface area contributed by atoms with Gasteiger partial charge in [0.25, 0.3) is 0 Å². The Kier molecular flexibility index (Phi) is 7.39. The number of hydrogen-bond acceptors (Lipinski definition) is 6. The molecule has 0 aromatic rings. The molecule has 3 aliphatic carbocycles. The summed E-state index contributed by atoms with van der Waals surface area (Å²) in [5.74, 6) is -1.41. The third-order valence-electron chi connectivity index (χ3n) is 6.07. The van der Waals surface area contributed by atoms with E-state index >= 15 is 0 Å². The molecule has 3 rings (SSSR count). The molecule has 0 spiro atoms. The van der Waals surface area contributed by atoms with Crippen molar-refractivity contribution in [3.8, 4) is 0 Å². The summed E-state index contributed by atoms with van der Waals surface area (Å²) in [4.78, 5) is 37.4. The molecule has 0 heterocycles. The first-order valence-corrected chi connectivity index (χ1v) is 13.9. The summed E-state index contributed by atoms with van der Waals surface area (Å²) in [6.45, 7) is 5.09. The van der Waals surface area contributed by atoms with Crippen molar-refractivity contribution in [2.75, 3.05) is 0 Å². The van der Waals surface area contributed by atoms with Gasteiger partial charge < -0.3 is 0 Å². The van der Waals surface area contributed by atoms with Crippen LogP contribution in [0.2, 0.25) is 4.22 Å². The monoisotopic (exact) mass is 440 g/mol. The van der Waals surface area contributed by atoms with Crippen molar-refractivity contribution in [3.63, 3.8) is 0 Å². The number of allylic oxidation sites excluding steroid dienone is 4. The standard InChI is InChI=1S/C13H17.3C3H6O2.Ti/c1-3-7-12-10(5-1)9-11-6-2-4-8-13(11)12;3*1-2-3(4)5;/h9H,1-8H2;3*2H2,1H3,(H,4,5);/q;;;;+3/p-3. The zero-order chi connectivity index (χ0) is 21.0. The predicted octanol–water partition coefficient (Wildman–Crippen LogP) is 5.29. The van der Waals surface area contributed by atoms with Gasteiger partial charge in [-0.3, -0.25) is 0 Å². The van der Waals surface area contributed by atoms with Gasteiger partial charge in [-0.2, -0.15) is 0 Å². The zero-order valence-corrected chi connectivity index (χ0v) is 19.4. The fourth-order valence-corrected chi connectivity index (χ4v) is 9.99. The Morgan fingerprint density at radius 3 is 1.38 bits per heavy atom. The van der Waals surface area contributed by atoms with Crippen molar-refractivity contribution < 1.29 is 42.1 Å². The van der Waals surface area contributed by atoms with Crippen LogP contribution in [-0.2, 0) is 42.1 Å². The number of rotatable bonds is 7. The molecule has 0 saturated carbocycles. The first-order valence-electron chi connectivity index (χ1n) is 11.0. The van der Waals surface area contributed by atoms with Gasteiger partial charge >= 0.3 is 178 Å². The second kappa shape index (κ2) is 9.61. The minimum absolute atomic E-state index is 0.144. The van der Waals surface area contributed by atoms with E-state index in [0.717, 1.165) is 51.4 Å². The van der Waals surface area contributed by atoms with Gasteiger partial charge in [-0.25, -0.2) is 0 Å². The molecular formula is C22H32O6Ti. The van der Waals surface area contributed by atoms with Crippen LogP contribution < -0.4 is 0 Å². The van der Waals surface area contributed by atoms with Crippen LogP contribution in [0.15, 0.2) is 22.3 Å². The van der Waals surface area contributed by atoms with E-state index < -0.39 is 35.7 Å². The minimum atomic E-state index is -4.68. The van der Waals surface area contributed by atoms with Crippen molar-refractivity contribution in [3.05, 3.63) is 22.3 Å². The van der Waals surface area contributed by atoms with E-state index in [2.05, 4.69) is 0 Å². The SMILES string of the molecule is CCC(=O)[O][Ti]([O]C(=O)CC)([O]C(=O)CC)[CH]1C2=C(CCCC2)C2=C1CCCC2. The summed E-state index contributed by atoms with van der Waals surface area (Å²) in [5, 5.41) is 0. The van der Waals surface area contributed by atoms with E-state index in [1.807, 2.05) is 0 Å². The Hall–Kier alpha value is -1.40. The number of hydrogen-bond donors (Lipinski definition) is 0. The van der Waals surface area contributed by atoms with E-state index in [0.29, 0.717) is 0 Å². The van der Waals surface area contributed by atoms with Gasteiger partial charge in [0.15, 0.2) is 0 Å². The molecular weight excluding hydrogens is 408 g/mol. The third-order valence-corrected chi connectivity index (χ3v) is 10.7. The van der Waals surface area contributed by atoms with Gasteiger partial charge in [0.1, 0.15) is 0 Å². The number of fused-ring (bicyclic) bond motifs is 1. The molecule has 0 aromatic carbocycles. The summed E-state index contributed by atoms with van der Waals surface area (Å²) >= 11 is -4.68. The molecule has 7 heteroatoms. The van der Waals surface area contributed by atoms with E-state index in [4.69, 9.17) is 9.96 Å².